The van der Waals surface area contributed by atoms with Crippen LogP contribution in [0.3, 0.4) is 0 Å². The quantitative estimate of drug-likeness (QED) is 0.201. The summed E-state index contributed by atoms with van der Waals surface area (Å²) < 4.78 is 42.8. The lowest BCUT2D eigenvalue weighted by Gasteiger charge is -2.47. The van der Waals surface area contributed by atoms with Gasteiger partial charge in [0.2, 0.25) is 0 Å². The fourth-order valence-corrected chi connectivity index (χ4v) is 4.33. The van der Waals surface area contributed by atoms with Gasteiger partial charge in [0.1, 0.15) is 0 Å². The molecule has 2 N–H and O–H groups in total. The van der Waals surface area contributed by atoms with E-state index in [1.165, 1.54) is 31.2 Å². The molecule has 2 fully saturated rings. The summed E-state index contributed by atoms with van der Waals surface area (Å²) >= 11 is 0. The van der Waals surface area contributed by atoms with Gasteiger partial charge in [0.25, 0.3) is 0 Å². The molecule has 2 aliphatic rings. The highest BCUT2D eigenvalue weighted by Gasteiger charge is 2.38. The zero-order valence-corrected chi connectivity index (χ0v) is 20.7. The Kier molecular flexibility index (Phi) is 12.9. The van der Waals surface area contributed by atoms with Gasteiger partial charge in [-0.1, -0.05) is 19.3 Å². The van der Waals surface area contributed by atoms with Gasteiger partial charge >= 0.3 is 6.18 Å². The molecule has 0 aromatic carbocycles. The highest BCUT2D eigenvalue weighted by atomic mass is 127. The van der Waals surface area contributed by atoms with Crippen LogP contribution in [0.2, 0.25) is 0 Å². The van der Waals surface area contributed by atoms with Crippen LogP contribution < -0.4 is 10.6 Å². The first-order chi connectivity index (χ1) is 13.8. The molecule has 1 heterocycles. The Morgan fingerprint density at radius 1 is 1.13 bits per heavy atom. The van der Waals surface area contributed by atoms with Gasteiger partial charge in [-0.25, -0.2) is 0 Å². The van der Waals surface area contributed by atoms with Gasteiger partial charge in [0.15, 0.2) is 5.96 Å². The van der Waals surface area contributed by atoms with Crippen LogP contribution in [0.15, 0.2) is 4.99 Å². The minimum atomic E-state index is -4.15. The zero-order chi connectivity index (χ0) is 21.2. The first-order valence-corrected chi connectivity index (χ1v) is 10.9. The Labute approximate surface area is 196 Å². The number of nitrogens with zero attached hydrogens (tertiary/aromatic N) is 3. The zero-order valence-electron chi connectivity index (χ0n) is 18.4. The molecule has 0 unspecified atom stereocenters. The molecule has 0 radical (unpaired) electrons. The number of nitrogens with one attached hydrogen (secondary N) is 2. The van der Waals surface area contributed by atoms with Crippen LogP contribution in [-0.4, -0.2) is 93.5 Å². The topological polar surface area (TPSA) is 52.1 Å². The predicted octanol–water partition coefficient (Wildman–Crippen LogP) is 3.08. The van der Waals surface area contributed by atoms with Crippen molar-refractivity contribution in [2.75, 3.05) is 66.1 Å². The summed E-state index contributed by atoms with van der Waals surface area (Å²) in [6, 6.07) is 0. The lowest BCUT2D eigenvalue weighted by Crippen LogP contribution is -2.56. The summed E-state index contributed by atoms with van der Waals surface area (Å²) in [4.78, 5) is 8.75. The number of guanidine groups is 1. The molecule has 1 saturated carbocycles. The molecule has 0 spiro atoms. The van der Waals surface area contributed by atoms with Crippen LogP contribution in [0.1, 0.15) is 45.4 Å². The van der Waals surface area contributed by atoms with Crippen molar-refractivity contribution in [2.24, 2.45) is 4.99 Å². The van der Waals surface area contributed by atoms with Crippen molar-refractivity contribution in [2.45, 2.75) is 57.2 Å². The first-order valence-electron chi connectivity index (χ1n) is 10.9. The maximum atomic E-state index is 12.4. The van der Waals surface area contributed by atoms with Gasteiger partial charge in [0, 0.05) is 31.7 Å². The lowest BCUT2D eigenvalue weighted by molar-refractivity contribution is -0.143. The molecule has 0 aromatic heterocycles. The summed E-state index contributed by atoms with van der Waals surface area (Å²) in [5.74, 6) is 0.754. The van der Waals surface area contributed by atoms with Crippen LogP contribution in [0.25, 0.3) is 0 Å². The predicted molar refractivity (Wildman–Crippen MR) is 126 cm³/mol. The molecule has 0 aromatic rings. The average molecular weight is 549 g/mol. The summed E-state index contributed by atoms with van der Waals surface area (Å²) in [6.07, 6.45) is 2.58. The van der Waals surface area contributed by atoms with Crippen LogP contribution >= 0.6 is 24.0 Å². The van der Waals surface area contributed by atoms with Crippen LogP contribution in [-0.2, 0) is 4.74 Å². The molecule has 1 aliphatic carbocycles. The maximum Gasteiger partial charge on any atom is 0.401 e. The highest BCUT2D eigenvalue weighted by Crippen LogP contribution is 2.34. The smallest absolute Gasteiger partial charge is 0.379 e. The molecule has 10 heteroatoms. The molecule has 1 aliphatic heterocycles. The van der Waals surface area contributed by atoms with Gasteiger partial charge in [-0.05, 0) is 39.8 Å². The summed E-state index contributed by atoms with van der Waals surface area (Å²) in [7, 11) is 1.50. The second kappa shape index (κ2) is 13.9. The van der Waals surface area contributed by atoms with Gasteiger partial charge in [-0.2, -0.15) is 13.2 Å². The van der Waals surface area contributed by atoms with E-state index in [0.29, 0.717) is 19.5 Å². The molecule has 6 nitrogen and oxygen atoms in total. The van der Waals surface area contributed by atoms with Crippen molar-refractivity contribution in [3.8, 4) is 0 Å². The minimum absolute atomic E-state index is 0. The lowest BCUT2D eigenvalue weighted by atomic mass is 9.80. The number of rotatable bonds is 9. The standard InChI is InChI=1S/C20H38F3N5O.HI/c1-3-24-18(25-10-7-11-27(2)17-20(21,22)23)26-16-19(8-5-4-6-9-19)28-12-14-29-15-13-28;/h3-17H2,1-2H3,(H2,24,25,26);1H. The van der Waals surface area contributed by atoms with Crippen molar-refractivity contribution in [3.05, 3.63) is 0 Å². The van der Waals surface area contributed by atoms with E-state index in [1.54, 1.807) is 0 Å². The molecule has 2 rings (SSSR count). The normalized spacial score (nSPS) is 20.7. The monoisotopic (exact) mass is 549 g/mol. The molecule has 30 heavy (non-hydrogen) atoms. The Bertz CT molecular complexity index is 495. The van der Waals surface area contributed by atoms with Crippen LogP contribution in [0.5, 0.6) is 0 Å². The SMILES string of the molecule is CCNC(=NCC1(N2CCOCC2)CCCCC1)NCCCN(C)CC(F)(F)F.I. The number of ether oxygens (including phenoxy) is 1. The number of aliphatic imine (C=N–C) groups is 1. The number of morpholine rings is 1. The van der Waals surface area contributed by atoms with Crippen molar-refractivity contribution in [1.29, 1.82) is 0 Å². The molecule has 178 valence electrons. The van der Waals surface area contributed by atoms with Crippen LogP contribution in [0.4, 0.5) is 13.2 Å². The van der Waals surface area contributed by atoms with E-state index in [2.05, 4.69) is 15.5 Å². The van der Waals surface area contributed by atoms with Crippen molar-refractivity contribution >= 4 is 29.9 Å². The largest absolute Gasteiger partial charge is 0.401 e. The van der Waals surface area contributed by atoms with E-state index in [1.807, 2.05) is 6.92 Å². The molecule has 0 bridgehead atoms. The third kappa shape index (κ3) is 9.86. The van der Waals surface area contributed by atoms with Gasteiger partial charge in [-0.15, -0.1) is 24.0 Å². The third-order valence-corrected chi connectivity index (χ3v) is 5.80. The van der Waals surface area contributed by atoms with Crippen molar-refractivity contribution in [1.82, 2.24) is 20.4 Å². The van der Waals surface area contributed by atoms with Crippen molar-refractivity contribution in [3.63, 3.8) is 0 Å². The molecular weight excluding hydrogens is 510 g/mol. The summed E-state index contributed by atoms with van der Waals surface area (Å²) in [5.41, 5.74) is 0.108. The Hall–Kier alpha value is -0.330. The number of hydrogen-bond acceptors (Lipinski definition) is 4. The maximum absolute atomic E-state index is 12.4. The number of hydrogen-bond donors (Lipinski definition) is 2. The fourth-order valence-electron chi connectivity index (χ4n) is 4.33. The Morgan fingerprint density at radius 3 is 2.40 bits per heavy atom. The molecule has 1 saturated heterocycles. The van der Waals surface area contributed by atoms with E-state index in [9.17, 15) is 13.2 Å². The second-order valence-electron chi connectivity index (χ2n) is 8.21. The van der Waals surface area contributed by atoms with E-state index in [-0.39, 0.29) is 29.5 Å². The second-order valence-corrected chi connectivity index (χ2v) is 8.21. The highest BCUT2D eigenvalue weighted by molar-refractivity contribution is 14.0. The third-order valence-electron chi connectivity index (χ3n) is 5.80. The Balaban J connectivity index is 0.00000450. The van der Waals surface area contributed by atoms with E-state index < -0.39 is 12.7 Å². The van der Waals surface area contributed by atoms with E-state index >= 15 is 0 Å². The van der Waals surface area contributed by atoms with Gasteiger partial charge in [0.05, 0.1) is 26.3 Å². The van der Waals surface area contributed by atoms with Gasteiger partial charge < -0.3 is 15.4 Å². The minimum Gasteiger partial charge on any atom is -0.379 e. The van der Waals surface area contributed by atoms with Gasteiger partial charge in [-0.3, -0.25) is 14.8 Å². The molecule has 0 amide bonds. The number of halogens is 4. The van der Waals surface area contributed by atoms with E-state index in [4.69, 9.17) is 9.73 Å². The Morgan fingerprint density at radius 2 is 1.80 bits per heavy atom. The summed E-state index contributed by atoms with van der Waals surface area (Å²) in [5, 5.41) is 6.56. The molecular formula is C20H39F3IN5O. The average Bonchev–Trinajstić information content (AvgIpc) is 2.69. The first kappa shape index (κ1) is 27.7. The fraction of sp³-hybridized carbons (Fsp3) is 0.950. The van der Waals surface area contributed by atoms with Crippen LogP contribution in [0, 0.1) is 0 Å². The number of alkyl halides is 3. The van der Waals surface area contributed by atoms with Crippen molar-refractivity contribution < 1.29 is 17.9 Å². The van der Waals surface area contributed by atoms with E-state index in [0.717, 1.165) is 58.2 Å². The summed E-state index contributed by atoms with van der Waals surface area (Å²) in [6.45, 7) is 7.14. The molecule has 0 atom stereocenters.